The molecule has 0 radical (unpaired) electrons. The summed E-state index contributed by atoms with van der Waals surface area (Å²) in [6, 6.07) is 8.11. The predicted octanol–water partition coefficient (Wildman–Crippen LogP) is 4.25. The molecule has 4 nitrogen and oxygen atoms in total. The molecule has 1 amide bonds. The Bertz CT molecular complexity index is 729. The third-order valence-corrected chi connectivity index (χ3v) is 3.60. The number of carbonyl (C=O) groups is 1. The van der Waals surface area contributed by atoms with E-state index >= 15 is 0 Å². The Morgan fingerprint density at radius 2 is 1.64 bits per heavy atom. The Kier molecular flexibility index (Phi) is 6.33. The lowest BCUT2D eigenvalue weighted by Crippen LogP contribution is -2.28. The van der Waals surface area contributed by atoms with Crippen molar-refractivity contribution in [1.82, 2.24) is 5.32 Å². The number of halogens is 2. The van der Waals surface area contributed by atoms with Gasteiger partial charge in [0.25, 0.3) is 5.91 Å². The maximum atomic E-state index is 13.7. The Labute approximate surface area is 145 Å². The Balaban J connectivity index is 2.21. The van der Waals surface area contributed by atoms with Crippen molar-refractivity contribution in [1.29, 1.82) is 0 Å². The van der Waals surface area contributed by atoms with Gasteiger partial charge in [0.15, 0.2) is 11.5 Å². The summed E-state index contributed by atoms with van der Waals surface area (Å²) in [6.07, 6.45) is 0. The maximum Gasteiger partial charge on any atom is 0.257 e. The van der Waals surface area contributed by atoms with Crippen LogP contribution in [0.5, 0.6) is 11.5 Å². The zero-order valence-electron chi connectivity index (χ0n) is 14.4. The van der Waals surface area contributed by atoms with Crippen LogP contribution in [-0.4, -0.2) is 19.1 Å². The molecule has 0 bridgehead atoms. The van der Waals surface area contributed by atoms with Crippen molar-refractivity contribution in [3.63, 3.8) is 0 Å². The SMILES string of the molecule is CCOc1ccc(C(C)NC(=O)c2c(F)cccc2F)cc1OCC. The topological polar surface area (TPSA) is 47.6 Å². The van der Waals surface area contributed by atoms with Crippen LogP contribution in [0.4, 0.5) is 8.78 Å². The van der Waals surface area contributed by atoms with E-state index in [0.29, 0.717) is 24.7 Å². The van der Waals surface area contributed by atoms with Gasteiger partial charge in [0.05, 0.1) is 19.3 Å². The van der Waals surface area contributed by atoms with Crippen molar-refractivity contribution < 1.29 is 23.0 Å². The zero-order chi connectivity index (χ0) is 18.4. The van der Waals surface area contributed by atoms with Gasteiger partial charge in [-0.15, -0.1) is 0 Å². The van der Waals surface area contributed by atoms with Gasteiger partial charge >= 0.3 is 0 Å². The highest BCUT2D eigenvalue weighted by Crippen LogP contribution is 2.31. The minimum Gasteiger partial charge on any atom is -0.490 e. The molecule has 0 saturated heterocycles. The van der Waals surface area contributed by atoms with E-state index in [1.165, 1.54) is 6.07 Å². The van der Waals surface area contributed by atoms with Crippen LogP contribution in [0, 0.1) is 11.6 Å². The summed E-state index contributed by atoms with van der Waals surface area (Å²) in [7, 11) is 0. The lowest BCUT2D eigenvalue weighted by molar-refractivity contribution is 0.0931. The number of hydrogen-bond acceptors (Lipinski definition) is 3. The van der Waals surface area contributed by atoms with Crippen LogP contribution < -0.4 is 14.8 Å². The van der Waals surface area contributed by atoms with Gasteiger partial charge in [-0.2, -0.15) is 0 Å². The van der Waals surface area contributed by atoms with E-state index in [0.717, 1.165) is 17.7 Å². The molecule has 2 aromatic rings. The van der Waals surface area contributed by atoms with Gasteiger partial charge in [0.2, 0.25) is 0 Å². The highest BCUT2D eigenvalue weighted by Gasteiger charge is 2.20. The van der Waals surface area contributed by atoms with Crippen LogP contribution in [0.3, 0.4) is 0 Å². The Morgan fingerprint density at radius 3 is 2.24 bits per heavy atom. The molecule has 0 saturated carbocycles. The van der Waals surface area contributed by atoms with E-state index in [4.69, 9.17) is 9.47 Å². The third-order valence-electron chi connectivity index (χ3n) is 3.60. The van der Waals surface area contributed by atoms with Gasteiger partial charge < -0.3 is 14.8 Å². The van der Waals surface area contributed by atoms with Crippen molar-refractivity contribution in [3.8, 4) is 11.5 Å². The first-order valence-electron chi connectivity index (χ1n) is 8.12. The number of amides is 1. The fraction of sp³-hybridized carbons (Fsp3) is 0.316. The van der Waals surface area contributed by atoms with E-state index in [2.05, 4.69) is 5.32 Å². The number of benzene rings is 2. The normalized spacial score (nSPS) is 11.7. The van der Waals surface area contributed by atoms with E-state index < -0.39 is 29.1 Å². The smallest absolute Gasteiger partial charge is 0.257 e. The lowest BCUT2D eigenvalue weighted by Gasteiger charge is -2.18. The average molecular weight is 349 g/mol. The van der Waals surface area contributed by atoms with Gasteiger partial charge in [-0.3, -0.25) is 4.79 Å². The molecule has 134 valence electrons. The molecule has 0 aromatic heterocycles. The molecule has 0 aliphatic carbocycles. The van der Waals surface area contributed by atoms with Gasteiger partial charge in [0, 0.05) is 0 Å². The van der Waals surface area contributed by atoms with E-state index in [9.17, 15) is 13.6 Å². The fourth-order valence-corrected chi connectivity index (χ4v) is 2.40. The molecule has 0 aliphatic rings. The average Bonchev–Trinajstić information content (AvgIpc) is 2.56. The van der Waals surface area contributed by atoms with Crippen molar-refractivity contribution >= 4 is 5.91 Å². The quantitative estimate of drug-likeness (QED) is 0.813. The van der Waals surface area contributed by atoms with E-state index in [1.54, 1.807) is 25.1 Å². The van der Waals surface area contributed by atoms with E-state index in [-0.39, 0.29) is 0 Å². The summed E-state index contributed by atoms with van der Waals surface area (Å²) in [5.41, 5.74) is 0.141. The molecule has 0 aliphatic heterocycles. The highest BCUT2D eigenvalue weighted by atomic mass is 19.1. The minimum absolute atomic E-state index is 0.463. The summed E-state index contributed by atoms with van der Waals surface area (Å²) in [5, 5.41) is 2.60. The van der Waals surface area contributed by atoms with Crippen molar-refractivity contribution in [2.45, 2.75) is 26.8 Å². The molecule has 1 N–H and O–H groups in total. The third kappa shape index (κ3) is 4.47. The van der Waals surface area contributed by atoms with E-state index in [1.807, 2.05) is 13.8 Å². The number of hydrogen-bond donors (Lipinski definition) is 1. The van der Waals surface area contributed by atoms with Crippen LogP contribution in [0.15, 0.2) is 36.4 Å². The van der Waals surface area contributed by atoms with Crippen LogP contribution in [0.25, 0.3) is 0 Å². The van der Waals surface area contributed by atoms with Crippen molar-refractivity contribution in [2.75, 3.05) is 13.2 Å². The summed E-state index contributed by atoms with van der Waals surface area (Å²) in [6.45, 7) is 6.41. The molecule has 0 fully saturated rings. The van der Waals surface area contributed by atoms with Gasteiger partial charge in [-0.25, -0.2) is 8.78 Å². The second kappa shape index (κ2) is 8.46. The van der Waals surface area contributed by atoms with Crippen molar-refractivity contribution in [3.05, 3.63) is 59.2 Å². The molecule has 1 unspecified atom stereocenters. The predicted molar refractivity (Wildman–Crippen MR) is 91.0 cm³/mol. The molecule has 1 atom stereocenters. The molecule has 6 heteroatoms. The summed E-state index contributed by atoms with van der Waals surface area (Å²) < 4.78 is 38.5. The molecule has 25 heavy (non-hydrogen) atoms. The van der Waals surface area contributed by atoms with Gasteiger partial charge in [-0.1, -0.05) is 12.1 Å². The fourth-order valence-electron chi connectivity index (χ4n) is 2.40. The first-order chi connectivity index (χ1) is 12.0. The Hall–Kier alpha value is -2.63. The highest BCUT2D eigenvalue weighted by molar-refractivity contribution is 5.95. The van der Waals surface area contributed by atoms with Gasteiger partial charge in [0.1, 0.15) is 17.2 Å². The lowest BCUT2D eigenvalue weighted by atomic mass is 10.1. The van der Waals surface area contributed by atoms with Gasteiger partial charge in [-0.05, 0) is 50.6 Å². The summed E-state index contributed by atoms with van der Waals surface area (Å²) in [5.74, 6) is -1.44. The Morgan fingerprint density at radius 1 is 1.04 bits per heavy atom. The van der Waals surface area contributed by atoms with Crippen LogP contribution in [0.1, 0.15) is 42.7 Å². The van der Waals surface area contributed by atoms with Crippen LogP contribution in [0.2, 0.25) is 0 Å². The molecular formula is C19H21F2NO3. The molecule has 2 rings (SSSR count). The molecule has 0 spiro atoms. The first-order valence-corrected chi connectivity index (χ1v) is 8.12. The number of nitrogens with one attached hydrogen (secondary N) is 1. The summed E-state index contributed by atoms with van der Waals surface area (Å²) >= 11 is 0. The monoisotopic (exact) mass is 349 g/mol. The maximum absolute atomic E-state index is 13.7. The number of rotatable bonds is 7. The second-order valence-electron chi connectivity index (χ2n) is 5.36. The standard InChI is InChI=1S/C19H21F2NO3/c1-4-24-16-10-9-13(11-17(16)25-5-2)12(3)22-19(23)18-14(20)7-6-8-15(18)21/h6-12H,4-5H2,1-3H3,(H,22,23). The molecule has 2 aromatic carbocycles. The minimum atomic E-state index is -0.897. The largest absolute Gasteiger partial charge is 0.490 e. The second-order valence-corrected chi connectivity index (χ2v) is 5.36. The zero-order valence-corrected chi connectivity index (χ0v) is 14.4. The molecular weight excluding hydrogens is 328 g/mol. The number of ether oxygens (including phenoxy) is 2. The number of carbonyl (C=O) groups excluding carboxylic acids is 1. The van der Waals surface area contributed by atoms with Crippen LogP contribution in [-0.2, 0) is 0 Å². The first kappa shape index (κ1) is 18.7. The van der Waals surface area contributed by atoms with Crippen molar-refractivity contribution in [2.24, 2.45) is 0 Å². The summed E-state index contributed by atoms with van der Waals surface area (Å²) in [4.78, 5) is 12.2. The molecule has 0 heterocycles. The van der Waals surface area contributed by atoms with Crippen LogP contribution >= 0.6 is 0 Å².